The second kappa shape index (κ2) is 10.7. The van der Waals surface area contributed by atoms with Crippen LogP contribution in [0.1, 0.15) is 40.5 Å². The molecule has 0 atom stereocenters. The second-order valence-corrected chi connectivity index (χ2v) is 5.62. The van der Waals surface area contributed by atoms with Crippen molar-refractivity contribution in [2.75, 3.05) is 11.9 Å². The summed E-state index contributed by atoms with van der Waals surface area (Å²) < 4.78 is 5.59. The molecule has 120 valence electrons. The molecule has 0 aliphatic heterocycles. The average Bonchev–Trinajstić information content (AvgIpc) is 2.36. The third-order valence-corrected chi connectivity index (χ3v) is 2.72. The maximum absolute atomic E-state index is 5.85. The molecule has 3 N–H and O–H groups in total. The summed E-state index contributed by atoms with van der Waals surface area (Å²) in [6.45, 7) is 9.21. The number of nitrogens with zero attached hydrogens (tertiary/aromatic N) is 1. The highest BCUT2D eigenvalue weighted by atomic mass is 127. The van der Waals surface area contributed by atoms with E-state index in [1.807, 2.05) is 38.1 Å². The van der Waals surface area contributed by atoms with Crippen LogP contribution >= 0.6 is 24.0 Å². The molecule has 0 saturated heterocycles. The van der Waals surface area contributed by atoms with Crippen LogP contribution in [0.25, 0.3) is 0 Å². The number of nitrogens with one attached hydrogen (secondary N) is 1. The lowest BCUT2D eigenvalue weighted by Crippen LogP contribution is -2.22. The van der Waals surface area contributed by atoms with Crippen molar-refractivity contribution in [3.05, 3.63) is 24.3 Å². The van der Waals surface area contributed by atoms with Crippen LogP contribution in [0.4, 0.5) is 5.69 Å². The Morgan fingerprint density at radius 2 is 1.81 bits per heavy atom. The number of ether oxygens (including phenoxy) is 1. The van der Waals surface area contributed by atoms with Gasteiger partial charge in [0.1, 0.15) is 5.75 Å². The van der Waals surface area contributed by atoms with Gasteiger partial charge in [0.25, 0.3) is 0 Å². The Hall–Kier alpha value is -0.980. The van der Waals surface area contributed by atoms with E-state index in [1.54, 1.807) is 0 Å². The lowest BCUT2D eigenvalue weighted by Gasteiger charge is -2.11. The molecule has 0 saturated carbocycles. The van der Waals surface area contributed by atoms with Crippen LogP contribution < -0.4 is 15.8 Å². The number of guanidine groups is 1. The minimum absolute atomic E-state index is 0. The van der Waals surface area contributed by atoms with Gasteiger partial charge in [0.05, 0.1) is 6.10 Å². The lowest BCUT2D eigenvalue weighted by molar-refractivity contribution is 0.242. The standard InChI is InChI=1S/C16H27N3O.HI/c1-12(2)6-5-11-18-16(17)19-14-7-9-15(10-8-14)20-13(3)4;/h7-10,12-13H,5-6,11H2,1-4H3,(H3,17,18,19);1H. The summed E-state index contributed by atoms with van der Waals surface area (Å²) in [5, 5.41) is 3.08. The summed E-state index contributed by atoms with van der Waals surface area (Å²) in [5.41, 5.74) is 6.77. The number of aliphatic imine (C=N–C) groups is 1. The molecule has 1 aromatic carbocycles. The molecule has 5 heteroatoms. The summed E-state index contributed by atoms with van der Waals surface area (Å²) in [6, 6.07) is 7.73. The zero-order chi connectivity index (χ0) is 15.0. The fourth-order valence-electron chi connectivity index (χ4n) is 1.78. The fourth-order valence-corrected chi connectivity index (χ4v) is 1.78. The van der Waals surface area contributed by atoms with E-state index in [0.29, 0.717) is 11.9 Å². The van der Waals surface area contributed by atoms with Gasteiger partial charge < -0.3 is 15.8 Å². The van der Waals surface area contributed by atoms with Crippen LogP contribution in [-0.4, -0.2) is 18.6 Å². The SMILES string of the molecule is CC(C)CCCN=C(N)Nc1ccc(OC(C)C)cc1.I. The highest BCUT2D eigenvalue weighted by Gasteiger charge is 1.99. The molecule has 4 nitrogen and oxygen atoms in total. The van der Waals surface area contributed by atoms with E-state index >= 15 is 0 Å². The predicted molar refractivity (Wildman–Crippen MR) is 102 cm³/mol. The van der Waals surface area contributed by atoms with Crippen LogP contribution in [0.15, 0.2) is 29.3 Å². The molecule has 0 bridgehead atoms. The monoisotopic (exact) mass is 405 g/mol. The van der Waals surface area contributed by atoms with Crippen molar-refractivity contribution in [3.63, 3.8) is 0 Å². The van der Waals surface area contributed by atoms with E-state index in [4.69, 9.17) is 10.5 Å². The molecule has 0 spiro atoms. The molecular formula is C16H28IN3O. The first-order valence-electron chi connectivity index (χ1n) is 7.31. The first-order valence-corrected chi connectivity index (χ1v) is 7.31. The van der Waals surface area contributed by atoms with E-state index < -0.39 is 0 Å². The van der Waals surface area contributed by atoms with E-state index in [2.05, 4.69) is 24.2 Å². The summed E-state index contributed by atoms with van der Waals surface area (Å²) in [5.74, 6) is 2.04. The number of benzene rings is 1. The van der Waals surface area contributed by atoms with Crippen molar-refractivity contribution in [1.82, 2.24) is 0 Å². The molecule has 0 amide bonds. The van der Waals surface area contributed by atoms with Gasteiger partial charge in [-0.1, -0.05) is 13.8 Å². The molecule has 1 aromatic rings. The molecule has 0 heterocycles. The van der Waals surface area contributed by atoms with Crippen LogP contribution in [0.3, 0.4) is 0 Å². The Balaban J connectivity index is 0.00000400. The van der Waals surface area contributed by atoms with Gasteiger partial charge in [0, 0.05) is 12.2 Å². The summed E-state index contributed by atoms with van der Waals surface area (Å²) in [4.78, 5) is 4.31. The van der Waals surface area contributed by atoms with Gasteiger partial charge in [-0.3, -0.25) is 4.99 Å². The largest absolute Gasteiger partial charge is 0.491 e. The number of hydrogen-bond acceptors (Lipinski definition) is 2. The number of halogens is 1. The third-order valence-electron chi connectivity index (χ3n) is 2.72. The van der Waals surface area contributed by atoms with Crippen molar-refractivity contribution in [1.29, 1.82) is 0 Å². The topological polar surface area (TPSA) is 59.6 Å². The number of nitrogens with two attached hydrogens (primary N) is 1. The highest BCUT2D eigenvalue weighted by Crippen LogP contribution is 2.16. The van der Waals surface area contributed by atoms with Gasteiger partial charge in [0.15, 0.2) is 5.96 Å². The van der Waals surface area contributed by atoms with E-state index in [1.165, 1.54) is 6.42 Å². The molecule has 0 aliphatic rings. The fraction of sp³-hybridized carbons (Fsp3) is 0.562. The first kappa shape index (κ1) is 20.0. The minimum atomic E-state index is 0. The second-order valence-electron chi connectivity index (χ2n) is 5.62. The van der Waals surface area contributed by atoms with Crippen LogP contribution in [0.2, 0.25) is 0 Å². The van der Waals surface area contributed by atoms with Gasteiger partial charge in [-0.15, -0.1) is 24.0 Å². The average molecular weight is 405 g/mol. The summed E-state index contributed by atoms with van der Waals surface area (Å²) in [6.07, 6.45) is 2.43. The first-order chi connectivity index (χ1) is 9.47. The zero-order valence-corrected chi connectivity index (χ0v) is 15.8. The predicted octanol–water partition coefficient (Wildman–Crippen LogP) is 4.25. The van der Waals surface area contributed by atoms with E-state index in [0.717, 1.165) is 24.4 Å². The Morgan fingerprint density at radius 3 is 2.33 bits per heavy atom. The van der Waals surface area contributed by atoms with Crippen LogP contribution in [-0.2, 0) is 0 Å². The van der Waals surface area contributed by atoms with E-state index in [-0.39, 0.29) is 30.1 Å². The van der Waals surface area contributed by atoms with Gasteiger partial charge in [-0.2, -0.15) is 0 Å². The zero-order valence-electron chi connectivity index (χ0n) is 13.4. The molecule has 0 fully saturated rings. The van der Waals surface area contributed by atoms with Crippen molar-refractivity contribution in [2.45, 2.75) is 46.6 Å². The lowest BCUT2D eigenvalue weighted by atomic mass is 10.1. The maximum Gasteiger partial charge on any atom is 0.193 e. The number of rotatable bonds is 7. The molecular weight excluding hydrogens is 377 g/mol. The normalized spacial score (nSPS) is 11.4. The van der Waals surface area contributed by atoms with Gasteiger partial charge >= 0.3 is 0 Å². The van der Waals surface area contributed by atoms with Crippen molar-refractivity contribution in [2.24, 2.45) is 16.6 Å². The number of hydrogen-bond donors (Lipinski definition) is 2. The molecule has 0 unspecified atom stereocenters. The highest BCUT2D eigenvalue weighted by molar-refractivity contribution is 14.0. The van der Waals surface area contributed by atoms with Gasteiger partial charge in [-0.25, -0.2) is 0 Å². The Morgan fingerprint density at radius 1 is 1.19 bits per heavy atom. The van der Waals surface area contributed by atoms with Crippen LogP contribution in [0, 0.1) is 5.92 Å². The Labute approximate surface area is 145 Å². The molecule has 0 aliphatic carbocycles. The maximum atomic E-state index is 5.85. The van der Waals surface area contributed by atoms with Crippen molar-refractivity contribution >= 4 is 35.6 Å². The van der Waals surface area contributed by atoms with Crippen molar-refractivity contribution in [3.8, 4) is 5.75 Å². The Bertz CT molecular complexity index is 416. The summed E-state index contributed by atoms with van der Waals surface area (Å²) >= 11 is 0. The molecule has 0 aromatic heterocycles. The quantitative estimate of drug-likeness (QED) is 0.309. The Kier molecular flexibility index (Phi) is 10.2. The molecule has 0 radical (unpaired) electrons. The number of anilines is 1. The smallest absolute Gasteiger partial charge is 0.193 e. The molecule has 21 heavy (non-hydrogen) atoms. The van der Waals surface area contributed by atoms with Crippen molar-refractivity contribution < 1.29 is 4.74 Å². The summed E-state index contributed by atoms with van der Waals surface area (Å²) in [7, 11) is 0. The third kappa shape index (κ3) is 9.55. The van der Waals surface area contributed by atoms with Crippen LogP contribution in [0.5, 0.6) is 5.75 Å². The van der Waals surface area contributed by atoms with Gasteiger partial charge in [-0.05, 0) is 56.9 Å². The van der Waals surface area contributed by atoms with E-state index in [9.17, 15) is 0 Å². The van der Waals surface area contributed by atoms with Gasteiger partial charge in [0.2, 0.25) is 0 Å². The minimum Gasteiger partial charge on any atom is -0.491 e. The molecule has 1 rings (SSSR count).